The van der Waals surface area contributed by atoms with Gasteiger partial charge in [-0.1, -0.05) is 19.3 Å². The predicted molar refractivity (Wildman–Crippen MR) is 87.4 cm³/mol. The van der Waals surface area contributed by atoms with E-state index in [1.165, 1.54) is 77.3 Å². The van der Waals surface area contributed by atoms with E-state index in [9.17, 15) is 0 Å². The van der Waals surface area contributed by atoms with Crippen LogP contribution in [0.1, 0.15) is 70.6 Å². The normalized spacial score (nSPS) is 37.7. The van der Waals surface area contributed by atoms with Crippen LogP contribution < -0.4 is 5.73 Å². The Morgan fingerprint density at radius 3 is 2.33 bits per heavy atom. The Bertz CT molecular complexity index is 330. The van der Waals surface area contributed by atoms with Gasteiger partial charge in [-0.05, 0) is 69.9 Å². The lowest BCUT2D eigenvalue weighted by molar-refractivity contribution is -0.0516. The van der Waals surface area contributed by atoms with Gasteiger partial charge in [0.1, 0.15) is 0 Å². The van der Waals surface area contributed by atoms with Gasteiger partial charge in [-0.25, -0.2) is 0 Å². The first-order valence-corrected chi connectivity index (χ1v) is 9.20. The maximum atomic E-state index is 6.26. The minimum Gasteiger partial charge on any atom is -0.381 e. The molecular weight excluding hydrogens is 260 g/mol. The highest BCUT2D eigenvalue weighted by atomic mass is 16.5. The number of hydrogen-bond donors (Lipinski definition) is 1. The number of methoxy groups -OCH3 is 1. The van der Waals surface area contributed by atoms with Crippen LogP contribution >= 0.6 is 0 Å². The van der Waals surface area contributed by atoms with E-state index in [0.29, 0.717) is 11.5 Å². The molecule has 3 nitrogen and oxygen atoms in total. The lowest BCUT2D eigenvalue weighted by Gasteiger charge is -2.53. The smallest absolute Gasteiger partial charge is 0.0589 e. The fraction of sp³-hybridized carbons (Fsp3) is 1.00. The van der Waals surface area contributed by atoms with Crippen LogP contribution in [0.4, 0.5) is 0 Å². The first-order valence-electron chi connectivity index (χ1n) is 9.20. The molecule has 0 aromatic heterocycles. The van der Waals surface area contributed by atoms with Gasteiger partial charge in [-0.3, -0.25) is 4.90 Å². The maximum Gasteiger partial charge on any atom is 0.0589 e. The highest BCUT2D eigenvalue weighted by Crippen LogP contribution is 2.47. The molecule has 0 aromatic rings. The number of likely N-dealkylation sites (tertiary alicyclic amines) is 1. The fourth-order valence-corrected chi connectivity index (χ4v) is 5.35. The van der Waals surface area contributed by atoms with Gasteiger partial charge in [0.2, 0.25) is 0 Å². The van der Waals surface area contributed by atoms with Crippen molar-refractivity contribution >= 4 is 0 Å². The van der Waals surface area contributed by atoms with E-state index in [1.807, 2.05) is 7.11 Å². The molecule has 1 saturated heterocycles. The Morgan fingerprint density at radius 1 is 1.00 bits per heavy atom. The summed E-state index contributed by atoms with van der Waals surface area (Å²) in [6.07, 6.45) is 15.5. The second kappa shape index (κ2) is 6.55. The number of hydrogen-bond acceptors (Lipinski definition) is 3. The molecule has 0 radical (unpaired) electrons. The Labute approximate surface area is 130 Å². The zero-order chi connectivity index (χ0) is 14.8. The van der Waals surface area contributed by atoms with Crippen molar-refractivity contribution in [1.82, 2.24) is 4.90 Å². The first-order chi connectivity index (χ1) is 10.2. The molecule has 2 saturated carbocycles. The molecule has 122 valence electrons. The van der Waals surface area contributed by atoms with Crippen molar-refractivity contribution in [3.8, 4) is 0 Å². The zero-order valence-corrected chi connectivity index (χ0v) is 13.9. The molecule has 3 rings (SSSR count). The van der Waals surface area contributed by atoms with E-state index < -0.39 is 0 Å². The van der Waals surface area contributed by atoms with Crippen molar-refractivity contribution in [3.63, 3.8) is 0 Å². The summed E-state index contributed by atoms with van der Waals surface area (Å²) >= 11 is 0. The third kappa shape index (κ3) is 3.16. The van der Waals surface area contributed by atoms with E-state index in [2.05, 4.69) is 4.90 Å². The quantitative estimate of drug-likeness (QED) is 0.868. The standard InChI is InChI=1S/C18H34N2O/c1-21-16-6-5-9-18(14-16,15-19)20-12-10-17(11-13-20)7-3-2-4-8-17/h16H,2-15,19H2,1H3. The number of nitrogens with two attached hydrogens (primary N) is 1. The largest absolute Gasteiger partial charge is 0.381 e. The summed E-state index contributed by atoms with van der Waals surface area (Å²) in [6, 6.07) is 0. The molecule has 0 amide bonds. The van der Waals surface area contributed by atoms with Crippen molar-refractivity contribution in [1.29, 1.82) is 0 Å². The van der Waals surface area contributed by atoms with Crippen LogP contribution in [0, 0.1) is 5.41 Å². The molecule has 1 heterocycles. The van der Waals surface area contributed by atoms with Crippen LogP contribution in [0.5, 0.6) is 0 Å². The summed E-state index contributed by atoms with van der Waals surface area (Å²) in [6.45, 7) is 3.35. The van der Waals surface area contributed by atoms with Crippen LogP contribution in [0.3, 0.4) is 0 Å². The highest BCUT2D eigenvalue weighted by molar-refractivity contribution is 5.00. The molecule has 3 fully saturated rings. The maximum absolute atomic E-state index is 6.26. The van der Waals surface area contributed by atoms with Gasteiger partial charge in [0.15, 0.2) is 0 Å². The summed E-state index contributed by atoms with van der Waals surface area (Å²) in [5.41, 5.74) is 7.18. The van der Waals surface area contributed by atoms with Crippen molar-refractivity contribution in [3.05, 3.63) is 0 Å². The first kappa shape index (κ1) is 15.8. The molecular formula is C18H34N2O. The lowest BCUT2D eigenvalue weighted by atomic mass is 9.67. The van der Waals surface area contributed by atoms with Crippen molar-refractivity contribution in [2.75, 3.05) is 26.7 Å². The van der Waals surface area contributed by atoms with E-state index >= 15 is 0 Å². The van der Waals surface area contributed by atoms with E-state index in [0.717, 1.165) is 13.0 Å². The fourth-order valence-electron chi connectivity index (χ4n) is 5.35. The molecule has 0 bridgehead atoms. The molecule has 1 spiro atoms. The zero-order valence-electron chi connectivity index (χ0n) is 13.9. The van der Waals surface area contributed by atoms with Gasteiger partial charge in [-0.15, -0.1) is 0 Å². The van der Waals surface area contributed by atoms with Crippen LogP contribution in [0.15, 0.2) is 0 Å². The summed E-state index contributed by atoms with van der Waals surface area (Å²) in [5.74, 6) is 0. The van der Waals surface area contributed by atoms with E-state index in [4.69, 9.17) is 10.5 Å². The molecule has 2 atom stereocenters. The minimum atomic E-state index is 0.231. The van der Waals surface area contributed by atoms with Gasteiger partial charge in [0, 0.05) is 19.2 Å². The van der Waals surface area contributed by atoms with Crippen LogP contribution in [0.25, 0.3) is 0 Å². The molecule has 2 unspecified atom stereocenters. The number of nitrogens with zero attached hydrogens (tertiary/aromatic N) is 1. The molecule has 21 heavy (non-hydrogen) atoms. The third-order valence-electron chi connectivity index (χ3n) is 6.90. The van der Waals surface area contributed by atoms with E-state index in [-0.39, 0.29) is 5.54 Å². The Balaban J connectivity index is 1.63. The van der Waals surface area contributed by atoms with Crippen molar-refractivity contribution in [2.45, 2.75) is 82.3 Å². The van der Waals surface area contributed by atoms with Gasteiger partial charge in [-0.2, -0.15) is 0 Å². The Morgan fingerprint density at radius 2 is 1.71 bits per heavy atom. The summed E-state index contributed by atoms with van der Waals surface area (Å²) in [4.78, 5) is 2.75. The second-order valence-electron chi connectivity index (χ2n) is 7.93. The number of rotatable bonds is 3. The molecule has 1 aliphatic heterocycles. The molecule has 3 heteroatoms. The van der Waals surface area contributed by atoms with E-state index in [1.54, 1.807) is 0 Å². The van der Waals surface area contributed by atoms with Crippen LogP contribution in [0.2, 0.25) is 0 Å². The average Bonchev–Trinajstić information content (AvgIpc) is 2.56. The van der Waals surface area contributed by atoms with Gasteiger partial charge in [0.05, 0.1) is 6.10 Å². The molecule has 2 aliphatic carbocycles. The molecule has 0 aromatic carbocycles. The van der Waals surface area contributed by atoms with Crippen LogP contribution in [-0.4, -0.2) is 43.3 Å². The van der Waals surface area contributed by atoms with Gasteiger partial charge >= 0.3 is 0 Å². The summed E-state index contributed by atoms with van der Waals surface area (Å²) in [5, 5.41) is 0. The van der Waals surface area contributed by atoms with Crippen molar-refractivity contribution < 1.29 is 4.74 Å². The second-order valence-corrected chi connectivity index (χ2v) is 7.93. The van der Waals surface area contributed by atoms with Crippen LogP contribution in [-0.2, 0) is 4.74 Å². The van der Waals surface area contributed by atoms with Gasteiger partial charge < -0.3 is 10.5 Å². The Hall–Kier alpha value is -0.120. The SMILES string of the molecule is COC1CCCC(CN)(N2CCC3(CCCCC3)CC2)C1. The Kier molecular flexibility index (Phi) is 4.92. The molecule has 2 N–H and O–H groups in total. The highest BCUT2D eigenvalue weighted by Gasteiger charge is 2.44. The number of ether oxygens (including phenoxy) is 1. The number of piperidine rings is 1. The lowest BCUT2D eigenvalue weighted by Crippen LogP contribution is -2.60. The van der Waals surface area contributed by atoms with Gasteiger partial charge in [0.25, 0.3) is 0 Å². The molecule has 3 aliphatic rings. The van der Waals surface area contributed by atoms with Crippen molar-refractivity contribution in [2.24, 2.45) is 11.1 Å². The topological polar surface area (TPSA) is 38.5 Å². The average molecular weight is 294 g/mol. The summed E-state index contributed by atoms with van der Waals surface area (Å²) in [7, 11) is 1.87. The minimum absolute atomic E-state index is 0.231. The summed E-state index contributed by atoms with van der Waals surface area (Å²) < 4.78 is 5.67. The third-order valence-corrected chi connectivity index (χ3v) is 6.90. The predicted octanol–water partition coefficient (Wildman–Crippen LogP) is 3.32. The monoisotopic (exact) mass is 294 g/mol.